The van der Waals surface area contributed by atoms with E-state index in [0.717, 1.165) is 6.42 Å². The number of rotatable bonds is 5. The van der Waals surface area contributed by atoms with Crippen molar-refractivity contribution in [1.29, 1.82) is 0 Å². The predicted octanol–water partition coefficient (Wildman–Crippen LogP) is 2.83. The molecule has 1 aromatic heterocycles. The first kappa shape index (κ1) is 21.6. The molecule has 2 atom stereocenters. The fraction of sp³-hybridized carbons (Fsp3) is 0.350. The van der Waals surface area contributed by atoms with Gasteiger partial charge in [0, 0.05) is 29.9 Å². The summed E-state index contributed by atoms with van der Waals surface area (Å²) in [5.74, 6) is -2.37. The molecule has 1 aromatic carbocycles. The zero-order valence-corrected chi connectivity index (χ0v) is 15.8. The summed E-state index contributed by atoms with van der Waals surface area (Å²) in [5, 5.41) is 0. The highest BCUT2D eigenvalue weighted by Crippen LogP contribution is 2.24. The minimum atomic E-state index is -5.14. The minimum absolute atomic E-state index is 0.102. The Balaban J connectivity index is 1.63. The Hall–Kier alpha value is -3.14. The number of nitrogens with zero attached hydrogens (tertiary/aromatic N) is 2. The smallest absolute Gasteiger partial charge is 0.472 e. The molecule has 2 aromatic rings. The van der Waals surface area contributed by atoms with Gasteiger partial charge >= 0.3 is 12.1 Å². The molecule has 1 aliphatic rings. The van der Waals surface area contributed by atoms with E-state index in [0.29, 0.717) is 25.1 Å². The van der Waals surface area contributed by atoms with Gasteiger partial charge in [0.15, 0.2) is 6.23 Å². The number of alkyl halides is 3. The lowest BCUT2D eigenvalue weighted by molar-refractivity contribution is -0.205. The number of piperidine rings is 1. The number of aromatic nitrogens is 1. The molecule has 0 saturated carbocycles. The third-order valence-electron chi connectivity index (χ3n) is 4.53. The summed E-state index contributed by atoms with van der Waals surface area (Å²) in [4.78, 5) is 29.3. The van der Waals surface area contributed by atoms with Crippen LogP contribution in [-0.2, 0) is 9.53 Å². The van der Waals surface area contributed by atoms with Gasteiger partial charge < -0.3 is 14.4 Å². The summed E-state index contributed by atoms with van der Waals surface area (Å²) in [6.45, 7) is 0.939. The molecule has 1 aliphatic heterocycles. The molecular weight excluding hydrogens is 403 g/mol. The van der Waals surface area contributed by atoms with Crippen LogP contribution < -0.4 is 10.5 Å². The number of hydrogen-bond donors (Lipinski definition) is 1. The first-order chi connectivity index (χ1) is 14.2. The SMILES string of the molecule is NC(OC(=O)C(F)(F)F)c1ccnc(O[C@H]2CCCN(C(=O)c3ccccc3)C2)c1. The molecule has 10 heteroatoms. The van der Waals surface area contributed by atoms with E-state index >= 15 is 0 Å². The number of ether oxygens (including phenoxy) is 2. The molecular formula is C20H20F3N3O4. The van der Waals surface area contributed by atoms with Crippen LogP contribution in [0, 0.1) is 0 Å². The average Bonchev–Trinajstić information content (AvgIpc) is 2.73. The van der Waals surface area contributed by atoms with Crippen molar-refractivity contribution in [1.82, 2.24) is 9.88 Å². The Bertz CT molecular complexity index is 892. The fourth-order valence-corrected chi connectivity index (χ4v) is 3.07. The second kappa shape index (κ2) is 9.12. The summed E-state index contributed by atoms with van der Waals surface area (Å²) in [5.41, 5.74) is 6.22. The van der Waals surface area contributed by atoms with Crippen LogP contribution in [0.1, 0.15) is 35.0 Å². The molecule has 0 aliphatic carbocycles. The second-order valence-corrected chi connectivity index (χ2v) is 6.75. The molecule has 30 heavy (non-hydrogen) atoms. The summed E-state index contributed by atoms with van der Waals surface area (Å²) in [6, 6.07) is 11.5. The molecule has 7 nitrogen and oxygen atoms in total. The molecule has 3 rings (SSSR count). The van der Waals surface area contributed by atoms with Gasteiger partial charge in [-0.15, -0.1) is 0 Å². The van der Waals surface area contributed by atoms with Gasteiger partial charge in [0.25, 0.3) is 5.91 Å². The van der Waals surface area contributed by atoms with Gasteiger partial charge in [-0.3, -0.25) is 10.5 Å². The Kier molecular flexibility index (Phi) is 6.56. The molecule has 0 radical (unpaired) electrons. The van der Waals surface area contributed by atoms with E-state index in [2.05, 4.69) is 9.72 Å². The summed E-state index contributed by atoms with van der Waals surface area (Å²) < 4.78 is 47.0. The maximum Gasteiger partial charge on any atom is 0.490 e. The van der Waals surface area contributed by atoms with E-state index < -0.39 is 18.4 Å². The van der Waals surface area contributed by atoms with Crippen molar-refractivity contribution < 1.29 is 32.2 Å². The lowest BCUT2D eigenvalue weighted by Crippen LogP contribution is -2.44. The third-order valence-corrected chi connectivity index (χ3v) is 4.53. The normalized spacial score (nSPS) is 17.9. The molecule has 0 spiro atoms. The minimum Gasteiger partial charge on any atom is -0.472 e. The maximum absolute atomic E-state index is 12.6. The Morgan fingerprint density at radius 2 is 1.93 bits per heavy atom. The van der Waals surface area contributed by atoms with E-state index in [1.165, 1.54) is 18.3 Å². The number of benzene rings is 1. The Morgan fingerprint density at radius 3 is 2.63 bits per heavy atom. The molecule has 1 fully saturated rings. The van der Waals surface area contributed by atoms with Gasteiger partial charge in [0.2, 0.25) is 5.88 Å². The predicted molar refractivity (Wildman–Crippen MR) is 99.3 cm³/mol. The molecule has 2 heterocycles. The highest BCUT2D eigenvalue weighted by Gasteiger charge is 2.42. The first-order valence-corrected chi connectivity index (χ1v) is 9.24. The van der Waals surface area contributed by atoms with E-state index in [1.807, 2.05) is 6.07 Å². The number of esters is 1. The van der Waals surface area contributed by atoms with Crippen LogP contribution >= 0.6 is 0 Å². The number of carbonyl (C=O) groups excluding carboxylic acids is 2. The molecule has 0 bridgehead atoms. The zero-order chi connectivity index (χ0) is 21.7. The van der Waals surface area contributed by atoms with Crippen LogP contribution in [-0.4, -0.2) is 47.1 Å². The Morgan fingerprint density at radius 1 is 1.20 bits per heavy atom. The highest BCUT2D eigenvalue weighted by molar-refractivity contribution is 5.94. The van der Waals surface area contributed by atoms with Crippen LogP contribution in [0.15, 0.2) is 48.7 Å². The summed E-state index contributed by atoms with van der Waals surface area (Å²) >= 11 is 0. The molecule has 160 valence electrons. The van der Waals surface area contributed by atoms with Gasteiger partial charge in [-0.1, -0.05) is 18.2 Å². The quantitative estimate of drug-likeness (QED) is 0.587. The number of pyridine rings is 1. The topological polar surface area (TPSA) is 94.8 Å². The van der Waals surface area contributed by atoms with Crippen LogP contribution in [0.4, 0.5) is 13.2 Å². The molecule has 1 unspecified atom stereocenters. The fourth-order valence-electron chi connectivity index (χ4n) is 3.07. The maximum atomic E-state index is 12.6. The summed E-state index contributed by atoms with van der Waals surface area (Å²) in [7, 11) is 0. The number of hydrogen-bond acceptors (Lipinski definition) is 6. The third kappa shape index (κ3) is 5.47. The molecule has 1 amide bonds. The van der Waals surface area contributed by atoms with E-state index in [1.54, 1.807) is 29.2 Å². The van der Waals surface area contributed by atoms with E-state index in [-0.39, 0.29) is 23.5 Å². The van der Waals surface area contributed by atoms with E-state index in [9.17, 15) is 22.8 Å². The van der Waals surface area contributed by atoms with Gasteiger partial charge in [0.05, 0.1) is 6.54 Å². The molecule has 2 N–H and O–H groups in total. The van der Waals surface area contributed by atoms with Gasteiger partial charge in [-0.25, -0.2) is 9.78 Å². The Labute approximate surface area is 170 Å². The largest absolute Gasteiger partial charge is 0.490 e. The number of nitrogens with two attached hydrogens (primary N) is 1. The first-order valence-electron chi connectivity index (χ1n) is 9.24. The van der Waals surface area contributed by atoms with Crippen molar-refractivity contribution >= 4 is 11.9 Å². The van der Waals surface area contributed by atoms with Crippen molar-refractivity contribution in [3.63, 3.8) is 0 Å². The van der Waals surface area contributed by atoms with Crippen molar-refractivity contribution in [2.75, 3.05) is 13.1 Å². The van der Waals surface area contributed by atoms with E-state index in [4.69, 9.17) is 10.5 Å². The van der Waals surface area contributed by atoms with Crippen molar-refractivity contribution in [3.8, 4) is 5.88 Å². The van der Waals surface area contributed by atoms with Gasteiger partial charge in [-0.2, -0.15) is 13.2 Å². The second-order valence-electron chi connectivity index (χ2n) is 6.75. The van der Waals surface area contributed by atoms with Crippen molar-refractivity contribution in [2.45, 2.75) is 31.3 Å². The van der Waals surface area contributed by atoms with Crippen LogP contribution in [0.2, 0.25) is 0 Å². The van der Waals surface area contributed by atoms with Gasteiger partial charge in [-0.05, 0) is 31.0 Å². The van der Waals surface area contributed by atoms with Gasteiger partial charge in [0.1, 0.15) is 6.10 Å². The number of amides is 1. The summed E-state index contributed by atoms with van der Waals surface area (Å²) in [6.07, 6.45) is -4.40. The zero-order valence-electron chi connectivity index (χ0n) is 15.8. The molecule has 1 saturated heterocycles. The van der Waals surface area contributed by atoms with Crippen LogP contribution in [0.25, 0.3) is 0 Å². The average molecular weight is 423 g/mol. The van der Waals surface area contributed by atoms with Crippen molar-refractivity contribution in [3.05, 3.63) is 59.8 Å². The lowest BCUT2D eigenvalue weighted by atomic mass is 10.1. The monoisotopic (exact) mass is 423 g/mol. The number of halogens is 3. The lowest BCUT2D eigenvalue weighted by Gasteiger charge is -2.32. The number of carbonyl (C=O) groups is 2. The van der Waals surface area contributed by atoms with Crippen LogP contribution in [0.5, 0.6) is 5.88 Å². The van der Waals surface area contributed by atoms with Crippen LogP contribution in [0.3, 0.4) is 0 Å². The van der Waals surface area contributed by atoms with Crippen molar-refractivity contribution in [2.24, 2.45) is 5.73 Å². The standard InChI is InChI=1S/C20H20F3N3O4/c21-20(22,23)19(28)30-17(24)14-8-9-25-16(11-14)29-15-7-4-10-26(12-15)18(27)13-5-2-1-3-6-13/h1-3,5-6,8-9,11,15,17H,4,7,10,12,24H2/t15-,17?/m0/s1. The number of likely N-dealkylation sites (tertiary alicyclic amines) is 1. The highest BCUT2D eigenvalue weighted by atomic mass is 19.4.